The Morgan fingerprint density at radius 1 is 1.09 bits per heavy atom. The minimum atomic E-state index is 0.685. The summed E-state index contributed by atoms with van der Waals surface area (Å²) < 4.78 is 1.04. The largest absolute Gasteiger partial charge is 0.294 e. The molecule has 3 saturated heterocycles. The number of rotatable bonds is 5. The lowest BCUT2D eigenvalue weighted by atomic mass is 9.87. The van der Waals surface area contributed by atoms with E-state index in [2.05, 4.69) is 53.0 Å². The summed E-state index contributed by atoms with van der Waals surface area (Å²) in [6, 6.07) is 5.54. The molecule has 6 nitrogen and oxygen atoms in total. The van der Waals surface area contributed by atoms with Crippen LogP contribution in [-0.4, -0.2) is 61.5 Å². The fraction of sp³-hybridized carbons (Fsp3) is 0.533. The minimum Gasteiger partial charge on any atom is -0.294 e. The smallest absolute Gasteiger partial charge is 0.0734 e. The molecule has 2 aromatic rings. The predicted octanol–water partition coefficient (Wildman–Crippen LogP) is 1.39. The highest BCUT2D eigenvalue weighted by molar-refractivity contribution is 9.10. The van der Waals surface area contributed by atoms with Crippen LogP contribution in [0.15, 0.2) is 35.2 Å². The van der Waals surface area contributed by atoms with Gasteiger partial charge in [0.15, 0.2) is 0 Å². The van der Waals surface area contributed by atoms with Gasteiger partial charge in [0.2, 0.25) is 0 Å². The maximum absolute atomic E-state index is 4.48. The van der Waals surface area contributed by atoms with Gasteiger partial charge >= 0.3 is 0 Å². The van der Waals surface area contributed by atoms with E-state index in [1.165, 1.54) is 6.42 Å². The van der Waals surface area contributed by atoms with Gasteiger partial charge in [-0.1, -0.05) is 0 Å². The summed E-state index contributed by atoms with van der Waals surface area (Å²) in [6.07, 6.45) is 6.69. The molecule has 0 saturated carbocycles. The Kier molecular flexibility index (Phi) is 3.94. The fourth-order valence-corrected chi connectivity index (χ4v) is 3.80. The van der Waals surface area contributed by atoms with Gasteiger partial charge in [-0.2, -0.15) is 15.0 Å². The molecule has 0 aromatic carbocycles. The van der Waals surface area contributed by atoms with Crippen LogP contribution in [0.4, 0.5) is 0 Å². The molecule has 7 heteroatoms. The van der Waals surface area contributed by atoms with E-state index in [9.17, 15) is 0 Å². The molecule has 0 spiro atoms. The molecule has 2 bridgehead atoms. The Balaban J connectivity index is 1.29. The van der Waals surface area contributed by atoms with Crippen LogP contribution in [0.1, 0.15) is 12.1 Å². The second-order valence-corrected chi connectivity index (χ2v) is 6.98. The van der Waals surface area contributed by atoms with Crippen molar-refractivity contribution in [2.75, 3.05) is 19.6 Å². The van der Waals surface area contributed by atoms with Gasteiger partial charge in [0.05, 0.1) is 24.6 Å². The van der Waals surface area contributed by atoms with Gasteiger partial charge in [-0.15, -0.1) is 0 Å². The van der Waals surface area contributed by atoms with Crippen molar-refractivity contribution >= 4 is 15.9 Å². The first-order chi connectivity index (χ1) is 10.8. The third kappa shape index (κ3) is 2.93. The summed E-state index contributed by atoms with van der Waals surface area (Å²) in [4.78, 5) is 11.4. The van der Waals surface area contributed by atoms with E-state index < -0.39 is 0 Å². The van der Waals surface area contributed by atoms with E-state index in [1.807, 2.05) is 6.20 Å². The van der Waals surface area contributed by atoms with Crippen LogP contribution in [0.25, 0.3) is 0 Å². The number of piperazine rings is 1. The van der Waals surface area contributed by atoms with Crippen molar-refractivity contribution in [3.05, 3.63) is 40.9 Å². The first-order valence-corrected chi connectivity index (χ1v) is 8.50. The number of nitrogens with zero attached hydrogens (tertiary/aromatic N) is 6. The Labute approximate surface area is 138 Å². The zero-order valence-electron chi connectivity index (χ0n) is 12.3. The predicted molar refractivity (Wildman–Crippen MR) is 86.1 cm³/mol. The van der Waals surface area contributed by atoms with Gasteiger partial charge < -0.3 is 0 Å². The van der Waals surface area contributed by atoms with Gasteiger partial charge in [-0.05, 0) is 34.5 Å². The maximum atomic E-state index is 4.48. The standard InChI is InChI=1S/C15H19BrN6/c16-12-1-2-13(17-8-12)9-20-10-14-7-15(11-20)21(14)5-6-22-18-3-4-19-22/h1-4,8,14-15H,5-7,9-11H2. The van der Waals surface area contributed by atoms with Crippen molar-refractivity contribution < 1.29 is 0 Å². The maximum Gasteiger partial charge on any atom is 0.0734 e. The third-order valence-corrected chi connectivity index (χ3v) is 5.09. The molecule has 0 N–H and O–H groups in total. The minimum absolute atomic E-state index is 0.685. The average Bonchev–Trinajstić information content (AvgIpc) is 3.03. The van der Waals surface area contributed by atoms with Crippen LogP contribution < -0.4 is 0 Å². The normalized spacial score (nSPS) is 25.1. The van der Waals surface area contributed by atoms with Gasteiger partial charge in [-0.3, -0.25) is 14.8 Å². The first kappa shape index (κ1) is 14.3. The van der Waals surface area contributed by atoms with E-state index in [0.717, 1.165) is 42.9 Å². The van der Waals surface area contributed by atoms with E-state index in [0.29, 0.717) is 12.1 Å². The van der Waals surface area contributed by atoms with Crippen LogP contribution in [0.5, 0.6) is 0 Å². The van der Waals surface area contributed by atoms with Gasteiger partial charge in [0.25, 0.3) is 0 Å². The van der Waals surface area contributed by atoms with Crippen molar-refractivity contribution in [1.29, 1.82) is 0 Å². The van der Waals surface area contributed by atoms with E-state index in [4.69, 9.17) is 0 Å². The van der Waals surface area contributed by atoms with Crippen molar-refractivity contribution in [2.45, 2.75) is 31.6 Å². The number of hydrogen-bond acceptors (Lipinski definition) is 5. The Bertz CT molecular complexity index is 601. The van der Waals surface area contributed by atoms with Crippen LogP contribution in [0.3, 0.4) is 0 Å². The molecule has 3 fully saturated rings. The molecule has 0 aliphatic carbocycles. The molecule has 22 heavy (non-hydrogen) atoms. The molecule has 3 aliphatic rings. The molecule has 2 atom stereocenters. The Morgan fingerprint density at radius 3 is 2.55 bits per heavy atom. The second-order valence-electron chi connectivity index (χ2n) is 6.07. The zero-order chi connectivity index (χ0) is 14.9. The molecule has 5 rings (SSSR count). The highest BCUT2D eigenvalue weighted by atomic mass is 79.9. The lowest BCUT2D eigenvalue weighted by Crippen LogP contribution is -2.68. The molecule has 2 aromatic heterocycles. The summed E-state index contributed by atoms with van der Waals surface area (Å²) >= 11 is 3.43. The lowest BCUT2D eigenvalue weighted by Gasteiger charge is -2.56. The molecule has 0 amide bonds. The molecule has 5 heterocycles. The summed E-state index contributed by atoms with van der Waals surface area (Å²) in [5.74, 6) is 0. The molecule has 3 aliphatic heterocycles. The van der Waals surface area contributed by atoms with Gasteiger partial charge in [-0.25, -0.2) is 0 Å². The van der Waals surface area contributed by atoms with Crippen LogP contribution in [-0.2, 0) is 13.1 Å². The number of halogens is 1. The number of fused-ring (bicyclic) bond motifs is 2. The number of pyridine rings is 1. The summed E-state index contributed by atoms with van der Waals surface area (Å²) in [6.45, 7) is 5.17. The second kappa shape index (κ2) is 6.06. The molecule has 0 radical (unpaired) electrons. The zero-order valence-corrected chi connectivity index (χ0v) is 13.9. The van der Waals surface area contributed by atoms with Crippen LogP contribution in [0.2, 0.25) is 0 Å². The summed E-state index contributed by atoms with van der Waals surface area (Å²) in [5, 5.41) is 8.35. The third-order valence-electron chi connectivity index (χ3n) is 4.62. The molecular weight excluding hydrogens is 344 g/mol. The van der Waals surface area contributed by atoms with Crippen molar-refractivity contribution in [3.8, 4) is 0 Å². The van der Waals surface area contributed by atoms with E-state index in [-0.39, 0.29) is 0 Å². The summed E-state index contributed by atoms with van der Waals surface area (Å²) in [7, 11) is 0. The number of aromatic nitrogens is 4. The number of piperidine rings is 1. The van der Waals surface area contributed by atoms with Gasteiger partial charge in [0.1, 0.15) is 0 Å². The Hall–Kier alpha value is -1.31. The van der Waals surface area contributed by atoms with Gasteiger partial charge in [0, 0.05) is 48.9 Å². The first-order valence-electron chi connectivity index (χ1n) is 7.70. The highest BCUT2D eigenvalue weighted by Gasteiger charge is 2.43. The SMILES string of the molecule is Brc1ccc(CN2CC3CC(C2)N3CCn2nccn2)nc1. The average molecular weight is 363 g/mol. The molecule has 116 valence electrons. The quantitative estimate of drug-likeness (QED) is 0.804. The van der Waals surface area contributed by atoms with Crippen molar-refractivity contribution in [3.63, 3.8) is 0 Å². The topological polar surface area (TPSA) is 50.1 Å². The Morgan fingerprint density at radius 2 is 1.86 bits per heavy atom. The van der Waals surface area contributed by atoms with Crippen LogP contribution >= 0.6 is 15.9 Å². The molecular formula is C15H19BrN6. The summed E-state index contributed by atoms with van der Waals surface area (Å²) in [5.41, 5.74) is 1.15. The van der Waals surface area contributed by atoms with E-state index >= 15 is 0 Å². The van der Waals surface area contributed by atoms with Crippen LogP contribution in [0, 0.1) is 0 Å². The van der Waals surface area contributed by atoms with Crippen molar-refractivity contribution in [2.24, 2.45) is 0 Å². The fourth-order valence-electron chi connectivity index (χ4n) is 3.56. The van der Waals surface area contributed by atoms with E-state index in [1.54, 1.807) is 17.2 Å². The van der Waals surface area contributed by atoms with Crippen molar-refractivity contribution in [1.82, 2.24) is 29.8 Å². The number of hydrogen-bond donors (Lipinski definition) is 0. The highest BCUT2D eigenvalue weighted by Crippen LogP contribution is 2.32. The lowest BCUT2D eigenvalue weighted by molar-refractivity contribution is -0.0741. The monoisotopic (exact) mass is 362 g/mol. The molecule has 2 unspecified atom stereocenters.